The molecule has 0 aromatic heterocycles. The van der Waals surface area contributed by atoms with Crippen LogP contribution in [0.3, 0.4) is 0 Å². The first-order chi connectivity index (χ1) is 8.99. The van der Waals surface area contributed by atoms with E-state index in [0.717, 1.165) is 12.5 Å². The minimum atomic E-state index is -0.121. The summed E-state index contributed by atoms with van der Waals surface area (Å²) in [6, 6.07) is -0.121. The average Bonchev–Trinajstić information content (AvgIpc) is 2.81. The Kier molecular flexibility index (Phi) is 6.56. The lowest BCUT2D eigenvalue weighted by Gasteiger charge is -2.32. The lowest BCUT2D eigenvalue weighted by molar-refractivity contribution is -0.122. The van der Waals surface area contributed by atoms with E-state index < -0.39 is 0 Å². The van der Waals surface area contributed by atoms with Crippen molar-refractivity contribution in [3.05, 3.63) is 12.7 Å². The van der Waals surface area contributed by atoms with Crippen molar-refractivity contribution in [3.63, 3.8) is 0 Å². The summed E-state index contributed by atoms with van der Waals surface area (Å²) in [7, 11) is 0. The fraction of sp³-hybridized carbons (Fsp3) is 0.812. The van der Waals surface area contributed by atoms with Crippen molar-refractivity contribution < 1.29 is 4.79 Å². The SMILES string of the molecule is C=CCNC(=O)C(C)NCC1(CC(C)C)CCCC1. The minimum Gasteiger partial charge on any atom is -0.351 e. The van der Waals surface area contributed by atoms with Crippen molar-refractivity contribution in [1.29, 1.82) is 0 Å². The zero-order valence-corrected chi connectivity index (χ0v) is 12.8. The molecule has 0 aliphatic heterocycles. The molecule has 110 valence electrons. The molecule has 0 saturated heterocycles. The maximum atomic E-state index is 11.8. The molecule has 19 heavy (non-hydrogen) atoms. The van der Waals surface area contributed by atoms with Crippen LogP contribution in [0.25, 0.3) is 0 Å². The highest BCUT2D eigenvalue weighted by molar-refractivity contribution is 5.81. The molecule has 3 nitrogen and oxygen atoms in total. The topological polar surface area (TPSA) is 41.1 Å². The number of hydrogen-bond donors (Lipinski definition) is 2. The molecule has 1 amide bonds. The standard InChI is InChI=1S/C16H30N2O/c1-5-10-17-15(19)14(4)18-12-16(11-13(2)3)8-6-7-9-16/h5,13-14,18H,1,6-12H2,2-4H3,(H,17,19). The number of hydrogen-bond acceptors (Lipinski definition) is 2. The van der Waals surface area contributed by atoms with Gasteiger partial charge in [0.2, 0.25) is 5.91 Å². The van der Waals surface area contributed by atoms with Crippen LogP contribution >= 0.6 is 0 Å². The van der Waals surface area contributed by atoms with E-state index in [0.29, 0.717) is 12.0 Å². The van der Waals surface area contributed by atoms with E-state index >= 15 is 0 Å². The van der Waals surface area contributed by atoms with Crippen molar-refractivity contribution in [2.24, 2.45) is 11.3 Å². The van der Waals surface area contributed by atoms with Crippen molar-refractivity contribution in [2.45, 2.75) is 58.9 Å². The monoisotopic (exact) mass is 266 g/mol. The van der Waals surface area contributed by atoms with E-state index in [1.807, 2.05) is 6.92 Å². The van der Waals surface area contributed by atoms with Gasteiger partial charge < -0.3 is 10.6 Å². The van der Waals surface area contributed by atoms with E-state index in [1.54, 1.807) is 6.08 Å². The number of amides is 1. The summed E-state index contributed by atoms with van der Waals surface area (Å²) in [5.74, 6) is 0.794. The third-order valence-corrected chi connectivity index (χ3v) is 4.10. The summed E-state index contributed by atoms with van der Waals surface area (Å²) < 4.78 is 0. The molecule has 1 rings (SSSR count). The number of carbonyl (C=O) groups is 1. The van der Waals surface area contributed by atoms with Gasteiger partial charge in [-0.25, -0.2) is 0 Å². The van der Waals surface area contributed by atoms with E-state index in [2.05, 4.69) is 31.1 Å². The fourth-order valence-corrected chi connectivity index (χ4v) is 3.23. The maximum absolute atomic E-state index is 11.8. The molecule has 1 saturated carbocycles. The van der Waals surface area contributed by atoms with E-state index in [4.69, 9.17) is 0 Å². The van der Waals surface area contributed by atoms with Crippen molar-refractivity contribution in [2.75, 3.05) is 13.1 Å². The first-order valence-electron chi connectivity index (χ1n) is 7.61. The Morgan fingerprint density at radius 3 is 2.47 bits per heavy atom. The third-order valence-electron chi connectivity index (χ3n) is 4.10. The van der Waals surface area contributed by atoms with Gasteiger partial charge in [0.1, 0.15) is 0 Å². The van der Waals surface area contributed by atoms with Crippen LogP contribution in [0.2, 0.25) is 0 Å². The van der Waals surface area contributed by atoms with Crippen molar-refractivity contribution in [1.82, 2.24) is 10.6 Å². The van der Waals surface area contributed by atoms with Gasteiger partial charge in [-0.3, -0.25) is 4.79 Å². The first-order valence-corrected chi connectivity index (χ1v) is 7.61. The van der Waals surface area contributed by atoms with E-state index in [1.165, 1.54) is 32.1 Å². The predicted molar refractivity (Wildman–Crippen MR) is 81.0 cm³/mol. The molecule has 2 N–H and O–H groups in total. The van der Waals surface area contributed by atoms with Gasteiger partial charge in [0.25, 0.3) is 0 Å². The Morgan fingerprint density at radius 1 is 1.32 bits per heavy atom. The quantitative estimate of drug-likeness (QED) is 0.663. The molecule has 0 radical (unpaired) electrons. The van der Waals surface area contributed by atoms with Gasteiger partial charge in [-0.15, -0.1) is 6.58 Å². The van der Waals surface area contributed by atoms with Gasteiger partial charge in [0.05, 0.1) is 6.04 Å². The molecule has 0 aromatic carbocycles. The highest BCUT2D eigenvalue weighted by Crippen LogP contribution is 2.42. The van der Waals surface area contributed by atoms with E-state index in [9.17, 15) is 4.79 Å². The molecular weight excluding hydrogens is 236 g/mol. The van der Waals surface area contributed by atoms with Crippen LogP contribution in [-0.4, -0.2) is 25.0 Å². The molecular formula is C16H30N2O. The normalized spacial score (nSPS) is 19.4. The van der Waals surface area contributed by atoms with Crippen molar-refractivity contribution in [3.8, 4) is 0 Å². The molecule has 1 aliphatic rings. The fourth-order valence-electron chi connectivity index (χ4n) is 3.23. The summed E-state index contributed by atoms with van der Waals surface area (Å²) in [4.78, 5) is 11.8. The lowest BCUT2D eigenvalue weighted by Crippen LogP contribution is -2.46. The predicted octanol–water partition coefficient (Wildman–Crippen LogP) is 2.87. The molecule has 0 bridgehead atoms. The second kappa shape index (κ2) is 7.68. The molecule has 0 spiro atoms. The summed E-state index contributed by atoms with van der Waals surface area (Å²) in [6.07, 6.45) is 8.26. The van der Waals surface area contributed by atoms with Crippen LogP contribution < -0.4 is 10.6 Å². The van der Waals surface area contributed by atoms with Crippen LogP contribution in [0.4, 0.5) is 0 Å². The van der Waals surface area contributed by atoms with Crippen LogP contribution in [0.5, 0.6) is 0 Å². The largest absolute Gasteiger partial charge is 0.351 e. The summed E-state index contributed by atoms with van der Waals surface area (Å²) in [6.45, 7) is 11.6. The Bertz CT molecular complexity index is 293. The maximum Gasteiger partial charge on any atom is 0.237 e. The Morgan fingerprint density at radius 2 is 1.95 bits per heavy atom. The molecule has 1 aliphatic carbocycles. The van der Waals surface area contributed by atoms with Gasteiger partial charge in [-0.1, -0.05) is 32.8 Å². The zero-order valence-electron chi connectivity index (χ0n) is 12.8. The molecule has 1 atom stereocenters. The minimum absolute atomic E-state index is 0.0672. The van der Waals surface area contributed by atoms with Crippen LogP contribution in [0, 0.1) is 11.3 Å². The van der Waals surface area contributed by atoms with Gasteiger partial charge >= 0.3 is 0 Å². The Balaban J connectivity index is 2.43. The van der Waals surface area contributed by atoms with E-state index in [-0.39, 0.29) is 11.9 Å². The molecule has 0 aromatic rings. The summed E-state index contributed by atoms with van der Waals surface area (Å²) in [5, 5.41) is 6.27. The lowest BCUT2D eigenvalue weighted by atomic mass is 9.78. The molecule has 0 heterocycles. The van der Waals surface area contributed by atoms with Gasteiger partial charge in [-0.2, -0.15) is 0 Å². The van der Waals surface area contributed by atoms with Gasteiger partial charge in [0, 0.05) is 13.1 Å². The zero-order chi connectivity index (χ0) is 14.3. The summed E-state index contributed by atoms with van der Waals surface area (Å²) in [5.41, 5.74) is 0.418. The molecule has 3 heteroatoms. The third kappa shape index (κ3) is 5.35. The van der Waals surface area contributed by atoms with Gasteiger partial charge in [0.15, 0.2) is 0 Å². The number of nitrogens with one attached hydrogen (secondary N) is 2. The Hall–Kier alpha value is -0.830. The van der Waals surface area contributed by atoms with Crippen LogP contribution in [-0.2, 0) is 4.79 Å². The van der Waals surface area contributed by atoms with Gasteiger partial charge in [-0.05, 0) is 37.5 Å². The second-order valence-electron chi connectivity index (χ2n) is 6.44. The highest BCUT2D eigenvalue weighted by Gasteiger charge is 2.34. The number of carbonyl (C=O) groups excluding carboxylic acids is 1. The average molecular weight is 266 g/mol. The highest BCUT2D eigenvalue weighted by atomic mass is 16.2. The van der Waals surface area contributed by atoms with Crippen LogP contribution in [0.1, 0.15) is 52.9 Å². The Labute approximate surface area is 118 Å². The molecule has 1 fully saturated rings. The first kappa shape index (κ1) is 16.2. The molecule has 1 unspecified atom stereocenters. The number of rotatable bonds is 8. The second-order valence-corrected chi connectivity index (χ2v) is 6.44. The van der Waals surface area contributed by atoms with Crippen LogP contribution in [0.15, 0.2) is 12.7 Å². The van der Waals surface area contributed by atoms with Crippen molar-refractivity contribution >= 4 is 5.91 Å². The summed E-state index contributed by atoms with van der Waals surface area (Å²) >= 11 is 0. The smallest absolute Gasteiger partial charge is 0.237 e.